The van der Waals surface area contributed by atoms with E-state index in [1.807, 2.05) is 13.8 Å². The monoisotopic (exact) mass is 363 g/mol. The minimum Gasteiger partial charge on any atom is -0.342 e. The molecule has 1 amide bonds. The first-order chi connectivity index (χ1) is 10.2. The second-order valence-electron chi connectivity index (χ2n) is 5.66. The summed E-state index contributed by atoms with van der Waals surface area (Å²) in [4.78, 5) is 14.0. The molecule has 6 nitrogen and oxygen atoms in total. The van der Waals surface area contributed by atoms with Crippen molar-refractivity contribution in [2.24, 2.45) is 11.7 Å². The fraction of sp³-hybridized carbons (Fsp3) is 0.533. The van der Waals surface area contributed by atoms with Gasteiger partial charge in [-0.2, -0.15) is 0 Å². The summed E-state index contributed by atoms with van der Waals surface area (Å²) in [6, 6.07) is 5.94. The van der Waals surface area contributed by atoms with Gasteiger partial charge in [0.1, 0.15) is 0 Å². The van der Waals surface area contributed by atoms with Crippen molar-refractivity contribution in [1.82, 2.24) is 9.62 Å². The molecule has 132 valence electrons. The third kappa shape index (κ3) is 6.10. The Morgan fingerprint density at radius 2 is 1.78 bits per heavy atom. The van der Waals surface area contributed by atoms with Gasteiger partial charge >= 0.3 is 0 Å². The van der Waals surface area contributed by atoms with Gasteiger partial charge in [-0.15, -0.1) is 12.4 Å². The van der Waals surface area contributed by atoms with Crippen molar-refractivity contribution >= 4 is 28.3 Å². The number of carbonyl (C=O) groups excluding carboxylic acids is 1. The SMILES string of the molecule is CNS(=O)(=O)c1ccc(C(=O)N(C)CCC(N)C(C)C)cc1.Cl. The molecule has 1 atom stereocenters. The van der Waals surface area contributed by atoms with Crippen LogP contribution in [0.25, 0.3) is 0 Å². The molecule has 1 rings (SSSR count). The number of nitrogens with zero attached hydrogens (tertiary/aromatic N) is 1. The molecular formula is C15H26ClN3O3S. The van der Waals surface area contributed by atoms with Gasteiger partial charge < -0.3 is 10.6 Å². The molecule has 0 aromatic heterocycles. The summed E-state index contributed by atoms with van der Waals surface area (Å²) in [5, 5.41) is 0. The van der Waals surface area contributed by atoms with Crippen LogP contribution in [0.3, 0.4) is 0 Å². The van der Waals surface area contributed by atoms with E-state index in [9.17, 15) is 13.2 Å². The van der Waals surface area contributed by atoms with E-state index in [0.717, 1.165) is 6.42 Å². The second-order valence-corrected chi connectivity index (χ2v) is 7.54. The van der Waals surface area contributed by atoms with E-state index in [1.54, 1.807) is 11.9 Å². The lowest BCUT2D eigenvalue weighted by Gasteiger charge is -2.21. The van der Waals surface area contributed by atoms with Crippen molar-refractivity contribution in [3.63, 3.8) is 0 Å². The fourth-order valence-corrected chi connectivity index (χ4v) is 2.62. The van der Waals surface area contributed by atoms with E-state index in [1.165, 1.54) is 31.3 Å². The number of nitrogens with one attached hydrogen (secondary N) is 1. The van der Waals surface area contributed by atoms with Crippen LogP contribution in [0, 0.1) is 5.92 Å². The fourth-order valence-electron chi connectivity index (χ4n) is 1.89. The van der Waals surface area contributed by atoms with Crippen LogP contribution in [-0.2, 0) is 10.0 Å². The Bertz CT molecular complexity index is 603. The zero-order valence-electron chi connectivity index (χ0n) is 13.9. The van der Waals surface area contributed by atoms with Crippen LogP contribution < -0.4 is 10.5 Å². The van der Waals surface area contributed by atoms with Crippen LogP contribution >= 0.6 is 12.4 Å². The Morgan fingerprint density at radius 1 is 1.26 bits per heavy atom. The Labute approximate surface area is 144 Å². The molecule has 0 saturated heterocycles. The maximum atomic E-state index is 12.3. The molecule has 1 aromatic carbocycles. The Balaban J connectivity index is 0.00000484. The Hall–Kier alpha value is -1.15. The number of hydrogen-bond donors (Lipinski definition) is 2. The van der Waals surface area contributed by atoms with Crippen molar-refractivity contribution in [1.29, 1.82) is 0 Å². The molecule has 0 aliphatic rings. The molecule has 0 spiro atoms. The van der Waals surface area contributed by atoms with E-state index in [2.05, 4.69) is 4.72 Å². The van der Waals surface area contributed by atoms with Crippen molar-refractivity contribution < 1.29 is 13.2 Å². The molecule has 0 saturated carbocycles. The summed E-state index contributed by atoms with van der Waals surface area (Å²) >= 11 is 0. The lowest BCUT2D eigenvalue weighted by Crippen LogP contribution is -2.34. The molecule has 1 aromatic rings. The highest BCUT2D eigenvalue weighted by Crippen LogP contribution is 2.12. The number of carbonyl (C=O) groups is 1. The van der Waals surface area contributed by atoms with E-state index in [4.69, 9.17) is 5.73 Å². The summed E-state index contributed by atoms with van der Waals surface area (Å²) in [5.41, 5.74) is 6.43. The first-order valence-corrected chi connectivity index (χ1v) is 8.72. The van der Waals surface area contributed by atoms with E-state index in [0.29, 0.717) is 18.0 Å². The standard InChI is InChI=1S/C15H25N3O3S.ClH/c1-11(2)14(16)9-10-18(4)15(19)12-5-7-13(8-6-12)22(20,21)17-3;/h5-8,11,14,17H,9-10,16H2,1-4H3;1H. The zero-order chi connectivity index (χ0) is 16.9. The second kappa shape index (κ2) is 9.22. The van der Waals surface area contributed by atoms with Gasteiger partial charge in [-0.05, 0) is 43.7 Å². The van der Waals surface area contributed by atoms with E-state index in [-0.39, 0.29) is 29.3 Å². The van der Waals surface area contributed by atoms with Gasteiger partial charge in [0, 0.05) is 25.2 Å². The van der Waals surface area contributed by atoms with Gasteiger partial charge in [-0.1, -0.05) is 13.8 Å². The average molecular weight is 364 g/mol. The maximum absolute atomic E-state index is 12.3. The van der Waals surface area contributed by atoms with Gasteiger partial charge in [0.15, 0.2) is 0 Å². The quantitative estimate of drug-likeness (QED) is 0.767. The highest BCUT2D eigenvalue weighted by atomic mass is 35.5. The van der Waals surface area contributed by atoms with Gasteiger partial charge in [0.05, 0.1) is 4.90 Å². The molecule has 23 heavy (non-hydrogen) atoms. The predicted molar refractivity (Wildman–Crippen MR) is 94.3 cm³/mol. The number of hydrogen-bond acceptors (Lipinski definition) is 4. The van der Waals surface area contributed by atoms with Crippen LogP contribution in [0.1, 0.15) is 30.6 Å². The molecule has 0 aliphatic heterocycles. The van der Waals surface area contributed by atoms with E-state index < -0.39 is 10.0 Å². The third-order valence-corrected chi connectivity index (χ3v) is 5.11. The number of amides is 1. The van der Waals surface area contributed by atoms with Crippen LogP contribution in [0.2, 0.25) is 0 Å². The van der Waals surface area contributed by atoms with Gasteiger partial charge in [0.25, 0.3) is 5.91 Å². The topological polar surface area (TPSA) is 92.5 Å². The number of nitrogens with two attached hydrogens (primary N) is 1. The highest BCUT2D eigenvalue weighted by molar-refractivity contribution is 7.89. The summed E-state index contributed by atoms with van der Waals surface area (Å²) in [6.45, 7) is 4.66. The zero-order valence-corrected chi connectivity index (χ0v) is 15.6. The normalized spacial score (nSPS) is 12.6. The number of sulfonamides is 1. The van der Waals surface area contributed by atoms with Crippen LogP contribution in [0.5, 0.6) is 0 Å². The summed E-state index contributed by atoms with van der Waals surface area (Å²) in [6.07, 6.45) is 0.728. The molecule has 0 aliphatic carbocycles. The van der Waals surface area contributed by atoms with Crippen molar-refractivity contribution in [2.75, 3.05) is 20.6 Å². The lowest BCUT2D eigenvalue weighted by atomic mass is 10.0. The molecular weight excluding hydrogens is 338 g/mol. The van der Waals surface area contributed by atoms with Crippen molar-refractivity contribution in [3.8, 4) is 0 Å². The van der Waals surface area contributed by atoms with Crippen molar-refractivity contribution in [3.05, 3.63) is 29.8 Å². The molecule has 0 bridgehead atoms. The lowest BCUT2D eigenvalue weighted by molar-refractivity contribution is 0.0789. The van der Waals surface area contributed by atoms with Crippen molar-refractivity contribution in [2.45, 2.75) is 31.2 Å². The first-order valence-electron chi connectivity index (χ1n) is 7.23. The average Bonchev–Trinajstić information content (AvgIpc) is 2.51. The number of halogens is 1. The van der Waals surface area contributed by atoms with Gasteiger partial charge in [-0.25, -0.2) is 13.1 Å². The minimum absolute atomic E-state index is 0. The highest BCUT2D eigenvalue weighted by Gasteiger charge is 2.16. The summed E-state index contributed by atoms with van der Waals surface area (Å²) in [5.74, 6) is 0.221. The molecule has 8 heteroatoms. The van der Waals surface area contributed by atoms with Crippen LogP contribution in [-0.4, -0.2) is 45.9 Å². The first kappa shape index (κ1) is 21.9. The molecule has 3 N–H and O–H groups in total. The summed E-state index contributed by atoms with van der Waals surface area (Å²) in [7, 11) is -0.420. The smallest absolute Gasteiger partial charge is 0.253 e. The predicted octanol–water partition coefficient (Wildman–Crippen LogP) is 1.46. The largest absolute Gasteiger partial charge is 0.342 e. The minimum atomic E-state index is -3.48. The molecule has 0 radical (unpaired) electrons. The number of benzene rings is 1. The van der Waals surface area contributed by atoms with Crippen LogP contribution in [0.4, 0.5) is 0 Å². The van der Waals surface area contributed by atoms with Crippen LogP contribution in [0.15, 0.2) is 29.2 Å². The van der Waals surface area contributed by atoms with E-state index >= 15 is 0 Å². The third-order valence-electron chi connectivity index (χ3n) is 3.68. The maximum Gasteiger partial charge on any atom is 0.253 e. The molecule has 0 heterocycles. The molecule has 0 fully saturated rings. The molecule has 1 unspecified atom stereocenters. The Kier molecular flexibility index (Phi) is 8.76. The summed E-state index contributed by atoms with van der Waals surface area (Å²) < 4.78 is 25.5. The van der Waals surface area contributed by atoms with Gasteiger partial charge in [-0.3, -0.25) is 4.79 Å². The van der Waals surface area contributed by atoms with Gasteiger partial charge in [0.2, 0.25) is 10.0 Å². The Morgan fingerprint density at radius 3 is 2.22 bits per heavy atom. The number of rotatable bonds is 7.